The van der Waals surface area contributed by atoms with Crippen molar-refractivity contribution in [1.29, 1.82) is 0 Å². The summed E-state index contributed by atoms with van der Waals surface area (Å²) in [5.41, 5.74) is 0.0229. The molecule has 0 atom stereocenters. The second-order valence-corrected chi connectivity index (χ2v) is 8.01. The van der Waals surface area contributed by atoms with Crippen molar-refractivity contribution in [2.45, 2.75) is 11.8 Å². The van der Waals surface area contributed by atoms with Crippen LogP contribution in [0.1, 0.15) is 38.1 Å². The van der Waals surface area contributed by atoms with E-state index in [0.29, 0.717) is 13.2 Å². The van der Waals surface area contributed by atoms with Crippen molar-refractivity contribution in [3.05, 3.63) is 59.4 Å². The number of aromatic nitrogens is 1. The van der Waals surface area contributed by atoms with E-state index in [9.17, 15) is 22.8 Å². The zero-order chi connectivity index (χ0) is 23.6. The molecular weight excluding hydrogens is 440 g/mol. The number of rotatable bonds is 11. The summed E-state index contributed by atoms with van der Waals surface area (Å²) in [6.45, 7) is 2.74. The molecule has 3 amide bonds. The molecule has 32 heavy (non-hydrogen) atoms. The number of hydrogen-bond acceptors (Lipinski definition) is 8. The van der Waals surface area contributed by atoms with Gasteiger partial charge in [0, 0.05) is 31.5 Å². The van der Waals surface area contributed by atoms with Crippen molar-refractivity contribution in [1.82, 2.24) is 20.3 Å². The molecule has 4 N–H and O–H groups in total. The van der Waals surface area contributed by atoms with Crippen LogP contribution in [0, 0.1) is 0 Å². The van der Waals surface area contributed by atoms with Crippen molar-refractivity contribution in [3.8, 4) is 0 Å². The number of ether oxygens (including phenoxy) is 1. The average molecular weight is 465 g/mol. The van der Waals surface area contributed by atoms with Crippen LogP contribution in [-0.2, 0) is 14.8 Å². The number of nitrogens with one attached hydrogen (secondary N) is 3. The molecule has 0 spiro atoms. The molecule has 172 valence electrons. The van der Waals surface area contributed by atoms with E-state index < -0.39 is 27.7 Å². The largest absolute Gasteiger partial charge is 0.395 e. The molecule has 0 bridgehead atoms. The summed E-state index contributed by atoms with van der Waals surface area (Å²) >= 11 is 0. The zero-order valence-corrected chi connectivity index (χ0v) is 18.1. The van der Waals surface area contributed by atoms with Crippen LogP contribution in [-0.4, -0.2) is 69.1 Å². The van der Waals surface area contributed by atoms with Gasteiger partial charge in [-0.25, -0.2) is 13.1 Å². The summed E-state index contributed by atoms with van der Waals surface area (Å²) in [6, 6.07) is 7.73. The third-order valence-corrected chi connectivity index (χ3v) is 5.35. The summed E-state index contributed by atoms with van der Waals surface area (Å²) in [5, 5.41) is 13.7. The Labute approximate surface area is 185 Å². The highest BCUT2D eigenvalue weighted by Crippen LogP contribution is 2.12. The minimum absolute atomic E-state index is 0.000840. The summed E-state index contributed by atoms with van der Waals surface area (Å²) in [4.78, 5) is 39.8. The van der Waals surface area contributed by atoms with Gasteiger partial charge in [0.15, 0.2) is 0 Å². The molecule has 2 aromatic rings. The first kappa shape index (κ1) is 24.9. The van der Waals surface area contributed by atoms with Gasteiger partial charge in [-0.05, 0) is 37.3 Å². The van der Waals surface area contributed by atoms with Gasteiger partial charge in [-0.1, -0.05) is 6.07 Å². The second kappa shape index (κ2) is 11.9. The van der Waals surface area contributed by atoms with E-state index in [4.69, 9.17) is 9.84 Å². The zero-order valence-electron chi connectivity index (χ0n) is 17.3. The Kier molecular flexibility index (Phi) is 9.25. The molecule has 0 aliphatic rings. The number of nitrogens with zero attached hydrogens (tertiary/aromatic N) is 1. The molecule has 2 rings (SSSR count). The lowest BCUT2D eigenvalue weighted by atomic mass is 10.2. The van der Waals surface area contributed by atoms with E-state index in [-0.39, 0.29) is 41.4 Å². The number of sulfonamides is 1. The van der Waals surface area contributed by atoms with Gasteiger partial charge in [0.05, 0.1) is 23.7 Å². The molecule has 1 aromatic carbocycles. The molecule has 0 radical (unpaired) electrons. The van der Waals surface area contributed by atoms with Crippen LogP contribution in [0.25, 0.3) is 0 Å². The van der Waals surface area contributed by atoms with Crippen molar-refractivity contribution in [3.63, 3.8) is 0 Å². The summed E-state index contributed by atoms with van der Waals surface area (Å²) in [6.07, 6.45) is 1.06. The van der Waals surface area contributed by atoms with E-state index in [2.05, 4.69) is 15.6 Å². The molecule has 0 saturated heterocycles. The Morgan fingerprint density at radius 3 is 2.41 bits per heavy atom. The number of benzene rings is 1. The van der Waals surface area contributed by atoms with Gasteiger partial charge >= 0.3 is 0 Å². The molecule has 11 nitrogen and oxygen atoms in total. The minimum Gasteiger partial charge on any atom is -0.395 e. The highest BCUT2D eigenvalue weighted by atomic mass is 32.2. The van der Waals surface area contributed by atoms with Crippen molar-refractivity contribution in [2.24, 2.45) is 0 Å². The number of carbonyl (C=O) groups excluding carboxylic acids is 3. The van der Waals surface area contributed by atoms with Gasteiger partial charge < -0.3 is 20.5 Å². The number of hydrogen-bond donors (Lipinski definition) is 4. The maximum Gasteiger partial charge on any atom is 0.269 e. The summed E-state index contributed by atoms with van der Waals surface area (Å²) < 4.78 is 32.2. The number of amides is 3. The first-order valence-electron chi connectivity index (χ1n) is 9.66. The molecule has 0 saturated carbocycles. The van der Waals surface area contributed by atoms with E-state index in [1.54, 1.807) is 0 Å². The normalized spacial score (nSPS) is 10.9. The van der Waals surface area contributed by atoms with E-state index in [1.807, 2.05) is 11.6 Å². The Morgan fingerprint density at radius 2 is 1.75 bits per heavy atom. The molecule has 0 aliphatic heterocycles. The van der Waals surface area contributed by atoms with Gasteiger partial charge in [0.2, 0.25) is 0 Å². The monoisotopic (exact) mass is 464 g/mol. The maximum atomic E-state index is 12.6. The predicted octanol–water partition coefficient (Wildman–Crippen LogP) is -0.311. The minimum atomic E-state index is -4.27. The summed E-state index contributed by atoms with van der Waals surface area (Å²) in [5.74, 6) is -1.98. The van der Waals surface area contributed by atoms with Gasteiger partial charge in [-0.2, -0.15) is 0 Å². The van der Waals surface area contributed by atoms with Crippen LogP contribution in [0.4, 0.5) is 0 Å². The first-order chi connectivity index (χ1) is 15.3. The molecule has 0 aliphatic carbocycles. The highest BCUT2D eigenvalue weighted by molar-refractivity contribution is 7.90. The first-order valence-corrected chi connectivity index (χ1v) is 11.1. The standard InChI is InChI=1S/C20H24N4O7S/c1-2-31-11-9-22-18(26)14-4-3-5-16(12-14)32(29,30)24-19(27)15-6-7-17(23-13-15)20(28)21-8-10-25/h3-7,12-13,25H,2,8-11H2,1H3,(H,21,28)(H,22,26)(H,24,27). The van der Waals surface area contributed by atoms with Crippen LogP contribution in [0.5, 0.6) is 0 Å². The Hall–Kier alpha value is -3.35. The van der Waals surface area contributed by atoms with Crippen LogP contribution in [0.2, 0.25) is 0 Å². The lowest BCUT2D eigenvalue weighted by molar-refractivity contribution is 0.0920. The highest BCUT2D eigenvalue weighted by Gasteiger charge is 2.21. The van der Waals surface area contributed by atoms with Gasteiger partial charge in [0.25, 0.3) is 27.7 Å². The fraction of sp³-hybridized carbons (Fsp3) is 0.300. The van der Waals surface area contributed by atoms with Gasteiger partial charge in [-0.3, -0.25) is 19.4 Å². The third kappa shape index (κ3) is 7.11. The number of aliphatic hydroxyl groups is 1. The molecular formula is C20H24N4O7S. The SMILES string of the molecule is CCOCCNC(=O)c1cccc(S(=O)(=O)NC(=O)c2ccc(C(=O)NCCO)nc2)c1. The van der Waals surface area contributed by atoms with Crippen molar-refractivity contribution >= 4 is 27.7 Å². The Morgan fingerprint density at radius 1 is 1.00 bits per heavy atom. The van der Waals surface area contributed by atoms with Crippen LogP contribution in [0.15, 0.2) is 47.5 Å². The maximum absolute atomic E-state index is 12.6. The van der Waals surface area contributed by atoms with Gasteiger partial charge in [-0.15, -0.1) is 0 Å². The van der Waals surface area contributed by atoms with Crippen LogP contribution < -0.4 is 15.4 Å². The number of pyridine rings is 1. The topological polar surface area (TPSA) is 164 Å². The van der Waals surface area contributed by atoms with Gasteiger partial charge in [0.1, 0.15) is 5.69 Å². The lowest BCUT2D eigenvalue weighted by Crippen LogP contribution is -2.31. The Balaban J connectivity index is 2.06. The Bertz CT molecular complexity index is 1060. The second-order valence-electron chi connectivity index (χ2n) is 6.33. The number of carbonyl (C=O) groups is 3. The van der Waals surface area contributed by atoms with E-state index in [0.717, 1.165) is 12.3 Å². The van der Waals surface area contributed by atoms with Crippen LogP contribution >= 0.6 is 0 Å². The third-order valence-electron chi connectivity index (χ3n) is 4.03. The molecule has 1 heterocycles. The van der Waals surface area contributed by atoms with E-state index >= 15 is 0 Å². The van der Waals surface area contributed by atoms with E-state index in [1.165, 1.54) is 30.3 Å². The quantitative estimate of drug-likeness (QED) is 0.329. The fourth-order valence-corrected chi connectivity index (χ4v) is 3.47. The molecule has 0 unspecified atom stereocenters. The molecule has 12 heteroatoms. The smallest absolute Gasteiger partial charge is 0.269 e. The average Bonchev–Trinajstić information content (AvgIpc) is 2.80. The van der Waals surface area contributed by atoms with Crippen LogP contribution in [0.3, 0.4) is 0 Å². The number of aliphatic hydroxyl groups excluding tert-OH is 1. The summed E-state index contributed by atoms with van der Waals surface area (Å²) in [7, 11) is -4.27. The molecule has 0 fully saturated rings. The lowest BCUT2D eigenvalue weighted by Gasteiger charge is -2.09. The molecule has 1 aromatic heterocycles. The fourth-order valence-electron chi connectivity index (χ4n) is 2.45. The van der Waals surface area contributed by atoms with Crippen molar-refractivity contribution < 1.29 is 32.6 Å². The van der Waals surface area contributed by atoms with Crippen molar-refractivity contribution in [2.75, 3.05) is 32.9 Å². The predicted molar refractivity (Wildman–Crippen MR) is 114 cm³/mol.